The summed E-state index contributed by atoms with van der Waals surface area (Å²) in [7, 11) is 0. The van der Waals surface area contributed by atoms with Crippen LogP contribution in [0.25, 0.3) is 0 Å². The number of carbonyl (C=O) groups excluding carboxylic acids is 1. The lowest BCUT2D eigenvalue weighted by atomic mass is 9.85. The summed E-state index contributed by atoms with van der Waals surface area (Å²) in [6.07, 6.45) is 2.61. The van der Waals surface area contributed by atoms with E-state index < -0.39 is 0 Å². The Bertz CT molecular complexity index is 546. The molecule has 2 aliphatic rings. The highest BCUT2D eigenvalue weighted by molar-refractivity contribution is 6.33. The molecule has 0 aliphatic carbocycles. The lowest BCUT2D eigenvalue weighted by Gasteiger charge is -2.42. The van der Waals surface area contributed by atoms with Gasteiger partial charge in [-0.3, -0.25) is 4.79 Å². The van der Waals surface area contributed by atoms with Crippen LogP contribution in [0.2, 0.25) is 5.02 Å². The molecule has 2 unspecified atom stereocenters. The second-order valence-electron chi connectivity index (χ2n) is 6.21. The molecule has 1 amide bonds. The molecule has 2 heterocycles. The number of nitrogens with one attached hydrogen (secondary N) is 1. The highest BCUT2D eigenvalue weighted by Gasteiger charge is 2.34. The van der Waals surface area contributed by atoms with Gasteiger partial charge in [-0.1, -0.05) is 17.7 Å². The Labute approximate surface area is 130 Å². The van der Waals surface area contributed by atoms with Gasteiger partial charge in [0.15, 0.2) is 0 Å². The van der Waals surface area contributed by atoms with Gasteiger partial charge in [-0.15, -0.1) is 0 Å². The summed E-state index contributed by atoms with van der Waals surface area (Å²) in [6, 6.07) is 6.43. The molecule has 0 aromatic heterocycles. The zero-order chi connectivity index (χ0) is 15.0. The topological polar surface area (TPSA) is 58.4 Å². The number of hydrogen-bond acceptors (Lipinski definition) is 3. The molecule has 0 saturated carbocycles. The minimum absolute atomic E-state index is 0.00385. The highest BCUT2D eigenvalue weighted by atomic mass is 35.5. The van der Waals surface area contributed by atoms with E-state index in [1.807, 2.05) is 13.0 Å². The van der Waals surface area contributed by atoms with Crippen LogP contribution in [0.15, 0.2) is 18.2 Å². The van der Waals surface area contributed by atoms with Crippen molar-refractivity contribution in [2.24, 2.45) is 11.7 Å². The normalized spacial score (nSPS) is 27.0. The molecule has 3 atom stereocenters. The lowest BCUT2D eigenvalue weighted by Crippen LogP contribution is -2.54. The zero-order valence-corrected chi connectivity index (χ0v) is 13.1. The number of benzene rings is 1. The van der Waals surface area contributed by atoms with E-state index in [0.29, 0.717) is 18.4 Å². The van der Waals surface area contributed by atoms with Crippen LogP contribution in [0.5, 0.6) is 0 Å². The summed E-state index contributed by atoms with van der Waals surface area (Å²) in [5.41, 5.74) is 8.04. The Morgan fingerprint density at radius 1 is 1.43 bits per heavy atom. The highest BCUT2D eigenvalue weighted by Crippen LogP contribution is 2.33. The van der Waals surface area contributed by atoms with Crippen molar-refractivity contribution in [3.8, 4) is 0 Å². The third kappa shape index (κ3) is 3.01. The molecule has 4 nitrogen and oxygen atoms in total. The van der Waals surface area contributed by atoms with Crippen molar-refractivity contribution in [2.45, 2.75) is 38.3 Å². The summed E-state index contributed by atoms with van der Waals surface area (Å²) < 4.78 is 0. The number of piperidine rings is 2. The molecule has 2 aliphatic heterocycles. The number of fused-ring (bicyclic) bond motifs is 1. The molecule has 5 heteroatoms. The Morgan fingerprint density at radius 3 is 2.95 bits per heavy atom. The minimum atomic E-state index is -0.00385. The predicted octanol–water partition coefficient (Wildman–Crippen LogP) is 2.46. The van der Waals surface area contributed by atoms with Crippen molar-refractivity contribution in [1.29, 1.82) is 0 Å². The smallest absolute Gasteiger partial charge is 0.220 e. The van der Waals surface area contributed by atoms with Crippen molar-refractivity contribution in [1.82, 2.24) is 5.32 Å². The molecular weight excluding hydrogens is 286 g/mol. The van der Waals surface area contributed by atoms with Crippen molar-refractivity contribution >= 4 is 23.2 Å². The summed E-state index contributed by atoms with van der Waals surface area (Å²) in [6.45, 7) is 3.85. The first kappa shape index (κ1) is 14.7. The Hall–Kier alpha value is -1.26. The number of nitrogens with zero attached hydrogens (tertiary/aromatic N) is 1. The molecule has 2 fully saturated rings. The van der Waals surface area contributed by atoms with Crippen LogP contribution in [0.1, 0.15) is 37.8 Å². The molecule has 3 N–H and O–H groups in total. The van der Waals surface area contributed by atoms with E-state index in [4.69, 9.17) is 17.3 Å². The molecule has 1 aromatic rings. The van der Waals surface area contributed by atoms with Gasteiger partial charge < -0.3 is 16.0 Å². The summed E-state index contributed by atoms with van der Waals surface area (Å²) in [4.78, 5) is 13.8. The Morgan fingerprint density at radius 2 is 2.24 bits per heavy atom. The van der Waals surface area contributed by atoms with E-state index in [0.717, 1.165) is 42.2 Å². The van der Waals surface area contributed by atoms with Crippen LogP contribution < -0.4 is 16.0 Å². The minimum Gasteiger partial charge on any atom is -0.370 e. The lowest BCUT2D eigenvalue weighted by molar-refractivity contribution is -0.124. The summed E-state index contributed by atoms with van der Waals surface area (Å²) in [5.74, 6) is 0.727. The first-order valence-electron chi connectivity index (χ1n) is 7.64. The van der Waals surface area contributed by atoms with Gasteiger partial charge >= 0.3 is 0 Å². The van der Waals surface area contributed by atoms with E-state index in [-0.39, 0.29) is 11.9 Å². The van der Waals surface area contributed by atoms with Gasteiger partial charge in [0, 0.05) is 31.6 Å². The second kappa shape index (κ2) is 5.85. The number of carbonyl (C=O) groups is 1. The molecule has 0 spiro atoms. The van der Waals surface area contributed by atoms with E-state index in [2.05, 4.69) is 22.3 Å². The summed E-state index contributed by atoms with van der Waals surface area (Å²) in [5, 5.41) is 3.88. The third-order valence-corrected chi connectivity index (χ3v) is 4.96. The SMILES string of the molecule is C[C@@H](N)c1ccc(N2CCC3NC(=O)CCC3C2)c(Cl)c1. The van der Waals surface area contributed by atoms with Gasteiger partial charge in [-0.05, 0) is 43.4 Å². The van der Waals surface area contributed by atoms with Crippen LogP contribution in [-0.4, -0.2) is 25.0 Å². The zero-order valence-electron chi connectivity index (χ0n) is 12.3. The first-order chi connectivity index (χ1) is 10.0. The van der Waals surface area contributed by atoms with E-state index in [9.17, 15) is 4.79 Å². The third-order valence-electron chi connectivity index (χ3n) is 4.66. The van der Waals surface area contributed by atoms with Crippen molar-refractivity contribution in [3.05, 3.63) is 28.8 Å². The maximum atomic E-state index is 11.5. The van der Waals surface area contributed by atoms with E-state index in [1.165, 1.54) is 0 Å². The van der Waals surface area contributed by atoms with Gasteiger partial charge in [0.1, 0.15) is 0 Å². The average Bonchev–Trinajstić information content (AvgIpc) is 2.46. The molecule has 3 rings (SSSR count). The molecule has 21 heavy (non-hydrogen) atoms. The van der Waals surface area contributed by atoms with Crippen LogP contribution >= 0.6 is 11.6 Å². The number of nitrogens with two attached hydrogens (primary N) is 1. The summed E-state index contributed by atoms with van der Waals surface area (Å²) >= 11 is 6.44. The fourth-order valence-electron chi connectivity index (χ4n) is 3.39. The van der Waals surface area contributed by atoms with Gasteiger partial charge in [0.05, 0.1) is 10.7 Å². The fourth-order valence-corrected chi connectivity index (χ4v) is 3.70. The molecule has 0 radical (unpaired) electrons. The van der Waals surface area contributed by atoms with Gasteiger partial charge in [-0.25, -0.2) is 0 Å². The van der Waals surface area contributed by atoms with Crippen LogP contribution in [-0.2, 0) is 4.79 Å². The first-order valence-corrected chi connectivity index (χ1v) is 8.01. The van der Waals surface area contributed by atoms with Crippen molar-refractivity contribution in [3.63, 3.8) is 0 Å². The molecule has 2 saturated heterocycles. The molecule has 1 aromatic carbocycles. The number of halogens is 1. The maximum Gasteiger partial charge on any atom is 0.220 e. The number of amides is 1. The molecular formula is C16H22ClN3O. The Balaban J connectivity index is 1.75. The van der Waals surface area contributed by atoms with Crippen molar-refractivity contribution in [2.75, 3.05) is 18.0 Å². The predicted molar refractivity (Wildman–Crippen MR) is 85.5 cm³/mol. The Kier molecular flexibility index (Phi) is 4.09. The van der Waals surface area contributed by atoms with Crippen LogP contribution in [0.4, 0.5) is 5.69 Å². The number of anilines is 1. The van der Waals surface area contributed by atoms with E-state index in [1.54, 1.807) is 0 Å². The van der Waals surface area contributed by atoms with Gasteiger partial charge in [-0.2, -0.15) is 0 Å². The maximum absolute atomic E-state index is 11.5. The number of rotatable bonds is 2. The van der Waals surface area contributed by atoms with E-state index >= 15 is 0 Å². The molecule has 114 valence electrons. The van der Waals surface area contributed by atoms with Crippen LogP contribution in [0, 0.1) is 5.92 Å². The van der Waals surface area contributed by atoms with Crippen molar-refractivity contribution < 1.29 is 4.79 Å². The van der Waals surface area contributed by atoms with Gasteiger partial charge in [0.25, 0.3) is 0 Å². The molecule has 0 bridgehead atoms. The fraction of sp³-hybridized carbons (Fsp3) is 0.562. The second-order valence-corrected chi connectivity index (χ2v) is 6.61. The largest absolute Gasteiger partial charge is 0.370 e. The van der Waals surface area contributed by atoms with Crippen LogP contribution in [0.3, 0.4) is 0 Å². The average molecular weight is 308 g/mol. The monoisotopic (exact) mass is 307 g/mol. The standard InChI is InChI=1S/C16H22ClN3O/c1-10(18)11-2-4-15(13(17)8-11)20-7-6-14-12(9-20)3-5-16(21)19-14/h2,4,8,10,12,14H,3,5-7,9,18H2,1H3,(H,19,21)/t10-,12?,14?/m1/s1. The number of hydrogen-bond donors (Lipinski definition) is 2. The quantitative estimate of drug-likeness (QED) is 0.882. The van der Waals surface area contributed by atoms with Gasteiger partial charge in [0.2, 0.25) is 5.91 Å².